The summed E-state index contributed by atoms with van der Waals surface area (Å²) in [6.07, 6.45) is 3.23. The molecule has 2 heteroatoms. The Hall–Kier alpha value is -0.530. The fourth-order valence-electron chi connectivity index (χ4n) is 1.72. The van der Waals surface area contributed by atoms with Gasteiger partial charge in [0.1, 0.15) is 0 Å². The first kappa shape index (κ1) is 8.57. The van der Waals surface area contributed by atoms with Crippen molar-refractivity contribution in [1.29, 1.82) is 0 Å². The summed E-state index contributed by atoms with van der Waals surface area (Å²) in [6, 6.07) is 0. The fourth-order valence-corrected chi connectivity index (χ4v) is 1.72. The van der Waals surface area contributed by atoms with Crippen LogP contribution in [0.15, 0.2) is 0 Å². The van der Waals surface area contributed by atoms with Crippen molar-refractivity contribution in [2.45, 2.75) is 33.1 Å². The van der Waals surface area contributed by atoms with Gasteiger partial charge in [0.05, 0.1) is 0 Å². The maximum absolute atomic E-state index is 10.9. The molecule has 1 aliphatic heterocycles. The largest absolute Gasteiger partial charge is 0.356 e. The molecule has 0 aromatic heterocycles. The topological polar surface area (TPSA) is 29.1 Å². The minimum absolute atomic E-state index is 0.234. The zero-order valence-corrected chi connectivity index (χ0v) is 7.39. The summed E-state index contributed by atoms with van der Waals surface area (Å²) in [5, 5.41) is 2.87. The second-order valence-corrected chi connectivity index (χ2v) is 3.53. The quantitative estimate of drug-likeness (QED) is 0.658. The molecule has 1 saturated heterocycles. The monoisotopic (exact) mass is 155 g/mol. The Morgan fingerprint density at radius 2 is 2.45 bits per heavy atom. The van der Waals surface area contributed by atoms with Gasteiger partial charge in [-0.3, -0.25) is 4.79 Å². The molecule has 0 spiro atoms. The molecular weight excluding hydrogens is 138 g/mol. The van der Waals surface area contributed by atoms with E-state index < -0.39 is 0 Å². The van der Waals surface area contributed by atoms with E-state index in [0.717, 1.165) is 13.0 Å². The van der Waals surface area contributed by atoms with Crippen molar-refractivity contribution >= 4 is 5.91 Å². The molecule has 11 heavy (non-hydrogen) atoms. The van der Waals surface area contributed by atoms with Gasteiger partial charge in [0, 0.05) is 13.0 Å². The Balaban J connectivity index is 2.30. The summed E-state index contributed by atoms with van der Waals surface area (Å²) in [4.78, 5) is 10.9. The molecule has 2 nitrogen and oxygen atoms in total. The number of hydrogen-bond donors (Lipinski definition) is 1. The lowest BCUT2D eigenvalue weighted by atomic mass is 9.90. The van der Waals surface area contributed by atoms with Crippen LogP contribution in [-0.2, 0) is 4.79 Å². The molecule has 1 rings (SSSR count). The number of carbonyl (C=O) groups excluding carboxylic acids is 1. The Morgan fingerprint density at radius 1 is 1.73 bits per heavy atom. The fraction of sp³-hybridized carbons (Fsp3) is 0.889. The normalized spacial score (nSPS) is 26.7. The Labute approximate surface area is 68.4 Å². The van der Waals surface area contributed by atoms with Crippen LogP contribution in [0.3, 0.4) is 0 Å². The third-order valence-electron chi connectivity index (χ3n) is 2.56. The van der Waals surface area contributed by atoms with Crippen LogP contribution >= 0.6 is 0 Å². The zero-order valence-electron chi connectivity index (χ0n) is 7.39. The van der Waals surface area contributed by atoms with Crippen molar-refractivity contribution in [2.75, 3.05) is 6.54 Å². The summed E-state index contributed by atoms with van der Waals surface area (Å²) in [5.74, 6) is 1.54. The highest BCUT2D eigenvalue weighted by Gasteiger charge is 2.25. The van der Waals surface area contributed by atoms with E-state index in [9.17, 15) is 4.79 Å². The van der Waals surface area contributed by atoms with Gasteiger partial charge in [-0.05, 0) is 11.8 Å². The first-order chi connectivity index (χ1) is 5.24. The summed E-state index contributed by atoms with van der Waals surface area (Å²) in [5.41, 5.74) is 0. The molecule has 1 amide bonds. The first-order valence-corrected chi connectivity index (χ1v) is 4.50. The van der Waals surface area contributed by atoms with E-state index in [-0.39, 0.29) is 5.91 Å². The predicted molar refractivity (Wildman–Crippen MR) is 45.2 cm³/mol. The van der Waals surface area contributed by atoms with Crippen molar-refractivity contribution in [3.63, 3.8) is 0 Å². The summed E-state index contributed by atoms with van der Waals surface area (Å²) >= 11 is 0. The van der Waals surface area contributed by atoms with Crippen molar-refractivity contribution in [3.05, 3.63) is 0 Å². The van der Waals surface area contributed by atoms with Crippen molar-refractivity contribution in [3.8, 4) is 0 Å². The van der Waals surface area contributed by atoms with E-state index in [4.69, 9.17) is 0 Å². The van der Waals surface area contributed by atoms with E-state index in [2.05, 4.69) is 19.2 Å². The minimum Gasteiger partial charge on any atom is -0.356 e. The molecule has 1 heterocycles. The van der Waals surface area contributed by atoms with Gasteiger partial charge in [-0.25, -0.2) is 0 Å². The molecule has 2 unspecified atom stereocenters. The molecule has 0 aliphatic carbocycles. The third-order valence-corrected chi connectivity index (χ3v) is 2.56. The second kappa shape index (κ2) is 3.74. The molecular formula is C9H17NO. The maximum atomic E-state index is 10.9. The minimum atomic E-state index is 0.234. The average Bonchev–Trinajstić information content (AvgIpc) is 2.36. The van der Waals surface area contributed by atoms with Crippen molar-refractivity contribution in [2.24, 2.45) is 11.8 Å². The van der Waals surface area contributed by atoms with Gasteiger partial charge in [-0.2, -0.15) is 0 Å². The van der Waals surface area contributed by atoms with E-state index in [0.29, 0.717) is 11.8 Å². The van der Waals surface area contributed by atoms with Gasteiger partial charge < -0.3 is 5.32 Å². The molecule has 0 bridgehead atoms. The molecule has 1 fully saturated rings. The summed E-state index contributed by atoms with van der Waals surface area (Å²) in [6.45, 7) is 5.34. The van der Waals surface area contributed by atoms with Crippen LogP contribution in [0.25, 0.3) is 0 Å². The van der Waals surface area contributed by atoms with E-state index in [1.807, 2.05) is 0 Å². The highest BCUT2D eigenvalue weighted by Crippen LogP contribution is 2.22. The average molecular weight is 155 g/mol. The lowest BCUT2D eigenvalue weighted by Crippen LogP contribution is -2.16. The van der Waals surface area contributed by atoms with Gasteiger partial charge in [0.25, 0.3) is 0 Å². The SMILES string of the molecule is CCCC(C)C1CNC(=O)C1. The summed E-state index contributed by atoms with van der Waals surface area (Å²) < 4.78 is 0. The molecule has 64 valence electrons. The third kappa shape index (κ3) is 2.21. The van der Waals surface area contributed by atoms with Crippen LogP contribution < -0.4 is 5.32 Å². The highest BCUT2D eigenvalue weighted by molar-refractivity contribution is 5.78. The van der Waals surface area contributed by atoms with Crippen LogP contribution in [0.2, 0.25) is 0 Å². The van der Waals surface area contributed by atoms with Gasteiger partial charge in [0.15, 0.2) is 0 Å². The van der Waals surface area contributed by atoms with Crippen LogP contribution in [-0.4, -0.2) is 12.5 Å². The lowest BCUT2D eigenvalue weighted by Gasteiger charge is -2.15. The van der Waals surface area contributed by atoms with Gasteiger partial charge in [0.2, 0.25) is 5.91 Å². The number of amides is 1. The van der Waals surface area contributed by atoms with E-state index in [1.165, 1.54) is 12.8 Å². The van der Waals surface area contributed by atoms with Gasteiger partial charge in [-0.1, -0.05) is 26.7 Å². The molecule has 0 saturated carbocycles. The van der Waals surface area contributed by atoms with E-state index in [1.54, 1.807) is 0 Å². The maximum Gasteiger partial charge on any atom is 0.220 e. The van der Waals surface area contributed by atoms with E-state index >= 15 is 0 Å². The standard InChI is InChI=1S/C9H17NO/c1-3-4-7(2)8-5-9(11)10-6-8/h7-8H,3-6H2,1-2H3,(H,10,11). The van der Waals surface area contributed by atoms with Gasteiger partial charge >= 0.3 is 0 Å². The number of carbonyl (C=O) groups is 1. The number of rotatable bonds is 3. The molecule has 1 N–H and O–H groups in total. The molecule has 0 radical (unpaired) electrons. The van der Waals surface area contributed by atoms with Crippen molar-refractivity contribution < 1.29 is 4.79 Å². The highest BCUT2D eigenvalue weighted by atomic mass is 16.1. The second-order valence-electron chi connectivity index (χ2n) is 3.53. The zero-order chi connectivity index (χ0) is 8.27. The van der Waals surface area contributed by atoms with Crippen molar-refractivity contribution in [1.82, 2.24) is 5.32 Å². The smallest absolute Gasteiger partial charge is 0.220 e. The number of nitrogens with one attached hydrogen (secondary N) is 1. The van der Waals surface area contributed by atoms with Gasteiger partial charge in [-0.15, -0.1) is 0 Å². The molecule has 0 aromatic rings. The van der Waals surface area contributed by atoms with Crippen LogP contribution in [0, 0.1) is 11.8 Å². The lowest BCUT2D eigenvalue weighted by molar-refractivity contribution is -0.119. The van der Waals surface area contributed by atoms with Crippen LogP contribution in [0.4, 0.5) is 0 Å². The molecule has 2 atom stereocenters. The van der Waals surface area contributed by atoms with Crippen LogP contribution in [0.5, 0.6) is 0 Å². The Bertz CT molecular complexity index is 144. The van der Waals surface area contributed by atoms with Crippen LogP contribution in [0.1, 0.15) is 33.1 Å². The molecule has 1 aliphatic rings. The first-order valence-electron chi connectivity index (χ1n) is 4.50. The predicted octanol–water partition coefficient (Wildman–Crippen LogP) is 1.56. The Kier molecular flexibility index (Phi) is 2.92. The Morgan fingerprint density at radius 3 is 2.91 bits per heavy atom. The molecule has 0 aromatic carbocycles. The number of hydrogen-bond acceptors (Lipinski definition) is 1. The summed E-state index contributed by atoms with van der Waals surface area (Å²) in [7, 11) is 0.